The van der Waals surface area contributed by atoms with E-state index in [-0.39, 0.29) is 18.4 Å². The Morgan fingerprint density at radius 1 is 1.46 bits per heavy atom. The van der Waals surface area contributed by atoms with Gasteiger partial charge in [0.1, 0.15) is 11.8 Å². The first kappa shape index (κ1) is 17.8. The van der Waals surface area contributed by atoms with Gasteiger partial charge in [0.05, 0.1) is 18.1 Å². The number of carboxylic acid groups (broad SMARTS) is 1. The van der Waals surface area contributed by atoms with Crippen molar-refractivity contribution in [3.05, 3.63) is 29.8 Å². The number of ether oxygens (including phenoxy) is 2. The standard InChI is InChI=1S/C17H20N2O5/c1-11(24-15-6-4-3-5-12(15)9-18)17(22)19-10-14(23-2)7-13(19)8-16(20)21/h3-6,11,13-14H,7-8,10H2,1-2H3,(H,20,21). The average molecular weight is 332 g/mol. The second-order valence-electron chi connectivity index (χ2n) is 5.70. The maximum absolute atomic E-state index is 12.7. The van der Waals surface area contributed by atoms with Crippen LogP contribution in [0.3, 0.4) is 0 Å². The molecule has 7 heteroatoms. The van der Waals surface area contributed by atoms with Crippen molar-refractivity contribution in [1.82, 2.24) is 4.90 Å². The van der Waals surface area contributed by atoms with Crippen LogP contribution in [0.15, 0.2) is 24.3 Å². The largest absolute Gasteiger partial charge is 0.481 e. The summed E-state index contributed by atoms with van der Waals surface area (Å²) in [6.07, 6.45) is -0.660. The summed E-state index contributed by atoms with van der Waals surface area (Å²) in [5.41, 5.74) is 0.343. The van der Waals surface area contributed by atoms with Gasteiger partial charge in [0.15, 0.2) is 6.10 Å². The van der Waals surface area contributed by atoms with Crippen LogP contribution in [-0.2, 0) is 14.3 Å². The maximum atomic E-state index is 12.7. The van der Waals surface area contributed by atoms with E-state index in [1.54, 1.807) is 38.3 Å². The smallest absolute Gasteiger partial charge is 0.305 e. The minimum Gasteiger partial charge on any atom is -0.481 e. The minimum absolute atomic E-state index is 0.132. The molecule has 2 rings (SSSR count). The Hall–Kier alpha value is -2.59. The zero-order valence-corrected chi connectivity index (χ0v) is 13.6. The molecule has 1 aliphatic heterocycles. The van der Waals surface area contributed by atoms with Gasteiger partial charge in [-0.3, -0.25) is 9.59 Å². The molecule has 1 heterocycles. The van der Waals surface area contributed by atoms with Crippen LogP contribution < -0.4 is 4.74 Å². The quantitative estimate of drug-likeness (QED) is 0.845. The topological polar surface area (TPSA) is 99.9 Å². The monoisotopic (exact) mass is 332 g/mol. The first-order chi connectivity index (χ1) is 11.5. The van der Waals surface area contributed by atoms with Crippen LogP contribution in [-0.4, -0.2) is 53.8 Å². The Morgan fingerprint density at radius 2 is 2.17 bits per heavy atom. The number of hydrogen-bond acceptors (Lipinski definition) is 5. The van der Waals surface area contributed by atoms with Gasteiger partial charge in [-0.2, -0.15) is 5.26 Å². The number of methoxy groups -OCH3 is 1. The Kier molecular flexibility index (Phi) is 5.77. The van der Waals surface area contributed by atoms with Crippen LogP contribution in [0.4, 0.5) is 0 Å². The van der Waals surface area contributed by atoms with E-state index in [0.717, 1.165) is 0 Å². The van der Waals surface area contributed by atoms with Crippen LogP contribution >= 0.6 is 0 Å². The van der Waals surface area contributed by atoms with Gasteiger partial charge in [-0.15, -0.1) is 0 Å². The number of carbonyl (C=O) groups is 2. The molecule has 1 amide bonds. The van der Waals surface area contributed by atoms with E-state index in [1.165, 1.54) is 4.90 Å². The number of aliphatic carboxylic acids is 1. The third-order valence-electron chi connectivity index (χ3n) is 4.06. The van der Waals surface area contributed by atoms with Crippen LogP contribution in [0.2, 0.25) is 0 Å². The number of likely N-dealkylation sites (tertiary alicyclic amines) is 1. The SMILES string of the molecule is COC1CC(CC(=O)O)N(C(=O)C(C)Oc2ccccc2C#N)C1. The zero-order chi connectivity index (χ0) is 17.7. The lowest BCUT2D eigenvalue weighted by molar-refractivity contribution is -0.142. The van der Waals surface area contributed by atoms with Gasteiger partial charge in [-0.1, -0.05) is 12.1 Å². The highest BCUT2D eigenvalue weighted by molar-refractivity contribution is 5.82. The molecule has 3 atom stereocenters. The third-order valence-corrected chi connectivity index (χ3v) is 4.06. The Bertz CT molecular complexity index is 655. The van der Waals surface area contributed by atoms with Crippen LogP contribution in [0, 0.1) is 11.3 Å². The molecule has 0 bridgehead atoms. The van der Waals surface area contributed by atoms with Gasteiger partial charge in [0, 0.05) is 19.7 Å². The molecule has 1 aliphatic rings. The van der Waals surface area contributed by atoms with E-state index >= 15 is 0 Å². The zero-order valence-electron chi connectivity index (χ0n) is 13.6. The molecule has 0 aliphatic carbocycles. The van der Waals surface area contributed by atoms with E-state index in [4.69, 9.17) is 19.8 Å². The first-order valence-electron chi connectivity index (χ1n) is 7.67. The normalized spacial score (nSPS) is 21.1. The molecule has 7 nitrogen and oxygen atoms in total. The molecule has 1 aromatic carbocycles. The number of para-hydroxylation sites is 1. The highest BCUT2D eigenvalue weighted by Gasteiger charge is 2.38. The summed E-state index contributed by atoms with van der Waals surface area (Å²) >= 11 is 0. The number of nitrogens with zero attached hydrogens (tertiary/aromatic N) is 2. The molecule has 0 radical (unpaired) electrons. The lowest BCUT2D eigenvalue weighted by Gasteiger charge is -2.26. The number of hydrogen-bond donors (Lipinski definition) is 1. The third kappa shape index (κ3) is 4.03. The lowest BCUT2D eigenvalue weighted by atomic mass is 10.1. The van der Waals surface area contributed by atoms with Crippen LogP contribution in [0.5, 0.6) is 5.75 Å². The van der Waals surface area contributed by atoms with E-state index in [9.17, 15) is 9.59 Å². The summed E-state index contributed by atoms with van der Waals surface area (Å²) in [6, 6.07) is 8.26. The number of carbonyl (C=O) groups excluding carboxylic acids is 1. The molecule has 1 saturated heterocycles. The summed E-state index contributed by atoms with van der Waals surface area (Å²) in [7, 11) is 1.54. The number of rotatable bonds is 6. The van der Waals surface area contributed by atoms with Crippen molar-refractivity contribution in [3.63, 3.8) is 0 Å². The molecule has 128 valence electrons. The Labute approximate surface area is 140 Å². The molecular weight excluding hydrogens is 312 g/mol. The van der Waals surface area contributed by atoms with E-state index in [1.807, 2.05) is 6.07 Å². The summed E-state index contributed by atoms with van der Waals surface area (Å²) in [6.45, 7) is 1.93. The van der Waals surface area contributed by atoms with Gasteiger partial charge >= 0.3 is 5.97 Å². The number of carboxylic acids is 1. The molecule has 0 spiro atoms. The Balaban J connectivity index is 2.10. The predicted molar refractivity (Wildman–Crippen MR) is 84.4 cm³/mol. The van der Waals surface area contributed by atoms with Gasteiger partial charge in [0.2, 0.25) is 0 Å². The molecule has 0 saturated carbocycles. The molecule has 0 aromatic heterocycles. The van der Waals surface area contributed by atoms with Crippen molar-refractivity contribution < 1.29 is 24.2 Å². The van der Waals surface area contributed by atoms with Gasteiger partial charge in [-0.05, 0) is 25.5 Å². The first-order valence-corrected chi connectivity index (χ1v) is 7.67. The summed E-state index contributed by atoms with van der Waals surface area (Å²) in [5.74, 6) is -0.940. The van der Waals surface area contributed by atoms with Gasteiger partial charge < -0.3 is 19.5 Å². The fourth-order valence-electron chi connectivity index (χ4n) is 2.85. The molecule has 1 N–H and O–H groups in total. The number of nitriles is 1. The molecule has 1 aromatic rings. The molecule has 3 unspecified atom stereocenters. The van der Waals surface area contributed by atoms with E-state index in [0.29, 0.717) is 24.3 Å². The van der Waals surface area contributed by atoms with Crippen molar-refractivity contribution in [2.75, 3.05) is 13.7 Å². The summed E-state index contributed by atoms with van der Waals surface area (Å²) in [4.78, 5) is 25.2. The van der Waals surface area contributed by atoms with Crippen molar-refractivity contribution in [2.24, 2.45) is 0 Å². The van der Waals surface area contributed by atoms with E-state index in [2.05, 4.69) is 0 Å². The van der Waals surface area contributed by atoms with Crippen molar-refractivity contribution >= 4 is 11.9 Å². The highest BCUT2D eigenvalue weighted by Crippen LogP contribution is 2.25. The summed E-state index contributed by atoms with van der Waals surface area (Å²) in [5, 5.41) is 18.1. The van der Waals surface area contributed by atoms with Gasteiger partial charge in [-0.25, -0.2) is 0 Å². The fraction of sp³-hybridized carbons (Fsp3) is 0.471. The summed E-state index contributed by atoms with van der Waals surface area (Å²) < 4.78 is 10.9. The van der Waals surface area contributed by atoms with Gasteiger partial charge in [0.25, 0.3) is 5.91 Å². The minimum atomic E-state index is -0.960. The van der Waals surface area contributed by atoms with Crippen molar-refractivity contribution in [2.45, 2.75) is 38.0 Å². The van der Waals surface area contributed by atoms with Crippen molar-refractivity contribution in [3.8, 4) is 11.8 Å². The second kappa shape index (κ2) is 7.79. The number of amides is 1. The molecular formula is C17H20N2O5. The molecule has 1 fully saturated rings. The second-order valence-corrected chi connectivity index (χ2v) is 5.70. The average Bonchev–Trinajstić information content (AvgIpc) is 2.96. The maximum Gasteiger partial charge on any atom is 0.305 e. The Morgan fingerprint density at radius 3 is 2.79 bits per heavy atom. The van der Waals surface area contributed by atoms with Crippen LogP contribution in [0.1, 0.15) is 25.3 Å². The predicted octanol–water partition coefficient (Wildman–Crippen LogP) is 1.42. The molecule has 24 heavy (non-hydrogen) atoms. The fourth-order valence-corrected chi connectivity index (χ4v) is 2.85. The number of benzene rings is 1. The van der Waals surface area contributed by atoms with Crippen LogP contribution in [0.25, 0.3) is 0 Å². The van der Waals surface area contributed by atoms with Crippen molar-refractivity contribution in [1.29, 1.82) is 5.26 Å². The van der Waals surface area contributed by atoms with E-state index < -0.39 is 18.1 Å². The lowest BCUT2D eigenvalue weighted by Crippen LogP contribution is -2.44. The highest BCUT2D eigenvalue weighted by atomic mass is 16.5.